The van der Waals surface area contributed by atoms with Crippen molar-refractivity contribution in [3.05, 3.63) is 246 Å². The van der Waals surface area contributed by atoms with Gasteiger partial charge in [-0.05, 0) is 174 Å². The predicted octanol–water partition coefficient (Wildman–Crippen LogP) is 17.6. The van der Waals surface area contributed by atoms with Crippen molar-refractivity contribution < 1.29 is 0 Å². The maximum Gasteiger partial charge on any atom is 0.252 e. The van der Waals surface area contributed by atoms with Crippen LogP contribution in [0.15, 0.2) is 218 Å². The van der Waals surface area contributed by atoms with E-state index in [2.05, 4.69) is 291 Å². The van der Waals surface area contributed by atoms with Gasteiger partial charge in [0.15, 0.2) is 0 Å². The lowest BCUT2D eigenvalue weighted by atomic mass is 9.33. The van der Waals surface area contributed by atoms with Gasteiger partial charge >= 0.3 is 0 Å². The Bertz CT molecular complexity index is 3530. The molecule has 0 atom stereocenters. The highest BCUT2D eigenvalue weighted by molar-refractivity contribution is 7.00. The zero-order valence-electron chi connectivity index (χ0n) is 44.3. The smallest absolute Gasteiger partial charge is 0.252 e. The summed E-state index contributed by atoms with van der Waals surface area (Å²) in [4.78, 5) is 5.23. The van der Waals surface area contributed by atoms with Crippen LogP contribution in [0.25, 0.3) is 55.6 Å². The van der Waals surface area contributed by atoms with Crippen LogP contribution in [-0.2, 0) is 10.8 Å². The second-order valence-corrected chi connectivity index (χ2v) is 22.8. The van der Waals surface area contributed by atoms with Crippen molar-refractivity contribution in [1.82, 2.24) is 0 Å². The zero-order chi connectivity index (χ0) is 51.0. The van der Waals surface area contributed by atoms with Gasteiger partial charge < -0.3 is 9.80 Å². The second kappa shape index (κ2) is 18.1. The maximum absolute atomic E-state index is 2.62. The summed E-state index contributed by atoms with van der Waals surface area (Å²) in [7, 11) is 0. The number of anilines is 6. The molecule has 0 spiro atoms. The molecule has 10 aromatic carbocycles. The molecule has 0 aliphatic carbocycles. The number of aryl methyl sites for hydroxylation is 3. The molecule has 10 aromatic rings. The third kappa shape index (κ3) is 8.16. The van der Waals surface area contributed by atoms with E-state index in [-0.39, 0.29) is 17.5 Å². The monoisotopic (exact) mass is 955 g/mol. The van der Waals surface area contributed by atoms with E-state index < -0.39 is 0 Å². The lowest BCUT2D eigenvalue weighted by Crippen LogP contribution is -2.61. The Kier molecular flexibility index (Phi) is 11.5. The first-order valence-electron chi connectivity index (χ1n) is 26.4. The molecule has 0 saturated carbocycles. The van der Waals surface area contributed by atoms with Crippen LogP contribution in [-0.4, -0.2) is 6.71 Å². The summed E-state index contributed by atoms with van der Waals surface area (Å²) in [5.74, 6) is 0. The molecule has 0 N–H and O–H groups in total. The quantitative estimate of drug-likeness (QED) is 0.147. The molecule has 0 amide bonds. The molecule has 0 fully saturated rings. The lowest BCUT2D eigenvalue weighted by Gasteiger charge is -2.46. The fourth-order valence-corrected chi connectivity index (χ4v) is 12.3. The van der Waals surface area contributed by atoms with Crippen molar-refractivity contribution in [3.63, 3.8) is 0 Å². The average molecular weight is 955 g/mol. The molecular formula is C71H63BN2. The summed E-state index contributed by atoms with van der Waals surface area (Å²) >= 11 is 0. The van der Waals surface area contributed by atoms with Gasteiger partial charge in [0.2, 0.25) is 0 Å². The topological polar surface area (TPSA) is 6.48 Å². The first-order chi connectivity index (χ1) is 35.7. The van der Waals surface area contributed by atoms with Crippen molar-refractivity contribution in [2.24, 2.45) is 0 Å². The molecule has 360 valence electrons. The van der Waals surface area contributed by atoms with E-state index in [1.54, 1.807) is 0 Å². The highest BCUT2D eigenvalue weighted by Gasteiger charge is 2.46. The SMILES string of the molecule is Cc1cc(C)c(-c2cc3c4c(c2)N(c2cccc(-c5ccccc5)c2)c2cc(-c5ccccc5)c(C(C)(C)C)cc2B4c2cc(C(C)(C)C)c(-c4ccccc4)cc2N3c2cccc(-c3ccccc3)c2)c(C)c1. The fraction of sp³-hybridized carbons (Fsp3) is 0.155. The Labute approximate surface area is 439 Å². The van der Waals surface area contributed by atoms with Crippen molar-refractivity contribution >= 4 is 57.2 Å². The number of benzene rings is 10. The summed E-state index contributed by atoms with van der Waals surface area (Å²) < 4.78 is 0. The van der Waals surface area contributed by atoms with Crippen LogP contribution in [0.2, 0.25) is 0 Å². The van der Waals surface area contributed by atoms with Crippen molar-refractivity contribution in [2.75, 3.05) is 9.80 Å². The van der Waals surface area contributed by atoms with Crippen LogP contribution >= 0.6 is 0 Å². The van der Waals surface area contributed by atoms with Gasteiger partial charge in [-0.25, -0.2) is 0 Å². The van der Waals surface area contributed by atoms with Crippen LogP contribution < -0.4 is 26.2 Å². The van der Waals surface area contributed by atoms with Crippen LogP contribution in [0, 0.1) is 20.8 Å². The summed E-state index contributed by atoms with van der Waals surface area (Å²) in [5, 5.41) is 0. The van der Waals surface area contributed by atoms with E-state index in [9.17, 15) is 0 Å². The Balaban J connectivity index is 1.27. The van der Waals surface area contributed by atoms with Gasteiger partial charge in [-0.2, -0.15) is 0 Å². The number of hydrogen-bond acceptors (Lipinski definition) is 2. The third-order valence-electron chi connectivity index (χ3n) is 15.5. The maximum atomic E-state index is 2.62. The number of hydrogen-bond donors (Lipinski definition) is 0. The van der Waals surface area contributed by atoms with E-state index in [1.807, 2.05) is 0 Å². The van der Waals surface area contributed by atoms with E-state index in [0.717, 1.165) is 11.4 Å². The molecule has 0 unspecified atom stereocenters. The molecule has 12 rings (SSSR count). The Morgan fingerprint density at radius 1 is 0.324 bits per heavy atom. The molecule has 2 aliphatic rings. The minimum atomic E-state index is -0.166. The standard InChI is InChI=1S/C71H63BN2/c1-46-36-47(2)68(48(3)37-46)55-40-66-69-67(41-55)74(57-35-23-33-54(39-57)50-26-16-11-17-27-50)65-43-59(52-30-20-13-21-31-52)61(71(7,8)9)45-63(65)72(69)62-44-60(70(4,5)6)58(51-28-18-12-19-29-51)42-64(62)73(66)56-34-22-32-53(38-56)49-24-14-10-15-25-49/h10-45H,1-9H3. The van der Waals surface area contributed by atoms with Crippen LogP contribution in [0.3, 0.4) is 0 Å². The molecule has 0 radical (unpaired) electrons. The summed E-state index contributed by atoms with van der Waals surface area (Å²) in [6.07, 6.45) is 0. The molecule has 0 saturated heterocycles. The third-order valence-corrected chi connectivity index (χ3v) is 15.5. The molecule has 0 bridgehead atoms. The van der Waals surface area contributed by atoms with Crippen molar-refractivity contribution in [2.45, 2.75) is 73.1 Å². The van der Waals surface area contributed by atoms with Gasteiger partial charge in [0.1, 0.15) is 0 Å². The molecule has 0 aromatic heterocycles. The van der Waals surface area contributed by atoms with Gasteiger partial charge in [0, 0.05) is 34.1 Å². The highest BCUT2D eigenvalue weighted by Crippen LogP contribution is 2.50. The lowest BCUT2D eigenvalue weighted by molar-refractivity contribution is 0.592. The van der Waals surface area contributed by atoms with Crippen molar-refractivity contribution in [1.29, 1.82) is 0 Å². The number of rotatable bonds is 7. The highest BCUT2D eigenvalue weighted by atomic mass is 15.2. The zero-order valence-corrected chi connectivity index (χ0v) is 44.3. The predicted molar refractivity (Wildman–Crippen MR) is 319 cm³/mol. The van der Waals surface area contributed by atoms with Gasteiger partial charge in [-0.15, -0.1) is 0 Å². The second-order valence-electron chi connectivity index (χ2n) is 22.8. The summed E-state index contributed by atoms with van der Waals surface area (Å²) in [6.45, 7) is 21.0. The number of nitrogens with zero attached hydrogens (tertiary/aromatic N) is 2. The summed E-state index contributed by atoms with van der Waals surface area (Å²) in [5.41, 5.74) is 29.4. The van der Waals surface area contributed by atoms with Gasteiger partial charge in [0.25, 0.3) is 6.71 Å². The molecule has 2 nitrogen and oxygen atoms in total. The van der Waals surface area contributed by atoms with Crippen molar-refractivity contribution in [3.8, 4) is 55.6 Å². The first kappa shape index (κ1) is 46.9. The molecule has 3 heteroatoms. The molecule has 74 heavy (non-hydrogen) atoms. The normalized spacial score (nSPS) is 12.9. The Morgan fingerprint density at radius 3 is 1.07 bits per heavy atom. The van der Waals surface area contributed by atoms with Crippen LogP contribution in [0.1, 0.15) is 69.4 Å². The average Bonchev–Trinajstić information content (AvgIpc) is 3.40. The summed E-state index contributed by atoms with van der Waals surface area (Å²) in [6, 6.07) is 82.3. The van der Waals surface area contributed by atoms with Crippen LogP contribution in [0.4, 0.5) is 34.1 Å². The Morgan fingerprint density at radius 2 is 0.689 bits per heavy atom. The van der Waals surface area contributed by atoms with Gasteiger partial charge in [-0.1, -0.05) is 217 Å². The van der Waals surface area contributed by atoms with E-state index in [4.69, 9.17) is 0 Å². The van der Waals surface area contributed by atoms with E-state index >= 15 is 0 Å². The van der Waals surface area contributed by atoms with E-state index in [0.29, 0.717) is 0 Å². The molecule has 2 heterocycles. The molecular weight excluding hydrogens is 892 g/mol. The van der Waals surface area contributed by atoms with Gasteiger partial charge in [-0.3, -0.25) is 0 Å². The minimum absolute atomic E-state index is 0.0989. The Hall–Kier alpha value is -8.14. The van der Waals surface area contributed by atoms with Crippen LogP contribution in [0.5, 0.6) is 0 Å². The number of fused-ring (bicyclic) bond motifs is 4. The van der Waals surface area contributed by atoms with Gasteiger partial charge in [0.05, 0.1) is 0 Å². The largest absolute Gasteiger partial charge is 0.311 e. The van der Waals surface area contributed by atoms with E-state index in [1.165, 1.54) is 123 Å². The fourth-order valence-electron chi connectivity index (χ4n) is 12.3. The minimum Gasteiger partial charge on any atom is -0.311 e. The molecule has 2 aliphatic heterocycles. The first-order valence-corrected chi connectivity index (χ1v) is 26.4.